The lowest BCUT2D eigenvalue weighted by Crippen LogP contribution is -2.14. The number of ether oxygens (including phenoxy) is 3. The Balaban J connectivity index is 1.59. The van der Waals surface area contributed by atoms with Gasteiger partial charge in [-0.05, 0) is 42.8 Å². The monoisotopic (exact) mass is 474 g/mol. The second-order valence-electron chi connectivity index (χ2n) is 8.30. The van der Waals surface area contributed by atoms with Gasteiger partial charge in [0.05, 0.1) is 25.9 Å². The van der Waals surface area contributed by atoms with Crippen molar-refractivity contribution in [3.8, 4) is 28.7 Å². The Morgan fingerprint density at radius 3 is 2.63 bits per heavy atom. The fraction of sp³-hybridized carbons (Fsp3) is 0.280. The quantitative estimate of drug-likeness (QED) is 0.344. The third-order valence-corrected chi connectivity index (χ3v) is 5.92. The van der Waals surface area contributed by atoms with Crippen LogP contribution in [0.4, 0.5) is 10.5 Å². The number of hydrogen-bond donors (Lipinski definition) is 0. The Hall–Kier alpha value is -4.34. The highest BCUT2D eigenvalue weighted by Crippen LogP contribution is 2.36. The zero-order valence-electron chi connectivity index (χ0n) is 20.1. The van der Waals surface area contributed by atoms with Gasteiger partial charge < -0.3 is 23.7 Å². The molecule has 0 unspecified atom stereocenters. The molecular formula is C25H26N6O4. The fourth-order valence-corrected chi connectivity index (χ4v) is 4.13. The molecule has 180 valence electrons. The Kier molecular flexibility index (Phi) is 5.86. The van der Waals surface area contributed by atoms with Gasteiger partial charge in [-0.15, -0.1) is 10.2 Å². The van der Waals surface area contributed by atoms with Crippen LogP contribution in [0.15, 0.2) is 48.8 Å². The third kappa shape index (κ3) is 4.18. The van der Waals surface area contributed by atoms with Crippen LogP contribution in [-0.4, -0.2) is 58.3 Å². The van der Waals surface area contributed by atoms with E-state index in [0.717, 1.165) is 28.3 Å². The summed E-state index contributed by atoms with van der Waals surface area (Å²) in [6.45, 7) is 2.29. The summed E-state index contributed by atoms with van der Waals surface area (Å²) in [5.41, 5.74) is 4.59. The van der Waals surface area contributed by atoms with Gasteiger partial charge in [0.15, 0.2) is 5.82 Å². The predicted molar refractivity (Wildman–Crippen MR) is 129 cm³/mol. The van der Waals surface area contributed by atoms with Crippen LogP contribution in [0.25, 0.3) is 17.1 Å². The molecule has 10 nitrogen and oxygen atoms in total. The molecule has 10 heteroatoms. The molecule has 4 aromatic rings. The van der Waals surface area contributed by atoms with Gasteiger partial charge in [-0.1, -0.05) is 12.1 Å². The molecule has 0 saturated carbocycles. The van der Waals surface area contributed by atoms with Gasteiger partial charge >= 0.3 is 6.16 Å². The lowest BCUT2D eigenvalue weighted by Gasteiger charge is -2.13. The number of hydrogen-bond acceptors (Lipinski definition) is 8. The molecule has 0 spiro atoms. The Bertz CT molecular complexity index is 1370. The second kappa shape index (κ2) is 9.13. The number of aromatic nitrogens is 5. The van der Waals surface area contributed by atoms with Crippen molar-refractivity contribution in [1.82, 2.24) is 24.3 Å². The van der Waals surface area contributed by atoms with E-state index < -0.39 is 6.16 Å². The highest BCUT2D eigenvalue weighted by atomic mass is 16.7. The van der Waals surface area contributed by atoms with Crippen LogP contribution in [-0.2, 0) is 17.7 Å². The van der Waals surface area contributed by atoms with Crippen molar-refractivity contribution in [1.29, 1.82) is 0 Å². The van der Waals surface area contributed by atoms with Gasteiger partial charge in [-0.2, -0.15) is 0 Å². The number of methoxy groups -OCH3 is 1. The Labute approximate surface area is 202 Å². The maximum atomic E-state index is 12.0. The normalized spacial score (nSPS) is 11.7. The fourth-order valence-electron chi connectivity index (χ4n) is 4.13. The summed E-state index contributed by atoms with van der Waals surface area (Å²) in [7, 11) is 5.65. The van der Waals surface area contributed by atoms with E-state index in [4.69, 9.17) is 14.2 Å². The maximum absolute atomic E-state index is 12.0. The van der Waals surface area contributed by atoms with E-state index >= 15 is 0 Å². The zero-order chi connectivity index (χ0) is 24.5. The molecule has 2 aromatic heterocycles. The number of carbonyl (C=O) groups excluding carboxylic acids is 1. The van der Waals surface area contributed by atoms with Crippen molar-refractivity contribution < 1.29 is 19.0 Å². The van der Waals surface area contributed by atoms with Gasteiger partial charge in [0.25, 0.3) is 0 Å². The van der Waals surface area contributed by atoms with Gasteiger partial charge in [0, 0.05) is 31.8 Å². The van der Waals surface area contributed by atoms with Crippen LogP contribution in [0.1, 0.15) is 24.0 Å². The van der Waals surface area contributed by atoms with E-state index in [2.05, 4.69) is 44.3 Å². The Morgan fingerprint density at radius 2 is 1.91 bits per heavy atom. The van der Waals surface area contributed by atoms with Crippen LogP contribution in [0, 0.1) is 0 Å². The third-order valence-electron chi connectivity index (χ3n) is 5.92. The van der Waals surface area contributed by atoms with Crippen LogP contribution >= 0.6 is 0 Å². The standard InChI is InChI=1S/C25H26N6O4/c1-5-34-25(32)35-24-21-14-30-22(12-16-6-8-17(9-7-16)29(2)3)27-28-23(30)19-13-18(33-4)10-11-20(19)31(21)15-26-24/h6-11,13,15H,5,12,14H2,1-4H3. The Morgan fingerprint density at radius 1 is 1.11 bits per heavy atom. The molecule has 0 saturated heterocycles. The molecule has 1 aliphatic heterocycles. The largest absolute Gasteiger partial charge is 0.515 e. The summed E-state index contributed by atoms with van der Waals surface area (Å²) in [6.07, 6.45) is 1.43. The van der Waals surface area contributed by atoms with Crippen molar-refractivity contribution in [3.63, 3.8) is 0 Å². The second-order valence-corrected chi connectivity index (χ2v) is 8.30. The first-order valence-electron chi connectivity index (χ1n) is 11.3. The number of rotatable bonds is 6. The number of carbonyl (C=O) groups is 1. The van der Waals surface area contributed by atoms with Crippen molar-refractivity contribution >= 4 is 11.8 Å². The molecule has 0 amide bonds. The average molecular weight is 475 g/mol. The summed E-state index contributed by atoms with van der Waals surface area (Å²) in [5.74, 6) is 2.37. The molecule has 0 bridgehead atoms. The molecule has 2 aromatic carbocycles. The minimum atomic E-state index is -0.793. The SMILES string of the molecule is CCOC(=O)Oc1ncn2c1Cn1c(Cc3ccc(N(C)C)cc3)nnc1-c1cc(OC)ccc1-2. The van der Waals surface area contributed by atoms with E-state index in [1.165, 1.54) is 0 Å². The lowest BCUT2D eigenvalue weighted by atomic mass is 10.1. The highest BCUT2D eigenvalue weighted by molar-refractivity contribution is 5.72. The summed E-state index contributed by atoms with van der Waals surface area (Å²) >= 11 is 0. The van der Waals surface area contributed by atoms with Crippen molar-refractivity contribution in [2.75, 3.05) is 32.7 Å². The van der Waals surface area contributed by atoms with Gasteiger partial charge in [-0.3, -0.25) is 4.57 Å². The summed E-state index contributed by atoms with van der Waals surface area (Å²) in [4.78, 5) is 18.5. The van der Waals surface area contributed by atoms with Crippen LogP contribution in [0.5, 0.6) is 11.6 Å². The summed E-state index contributed by atoms with van der Waals surface area (Å²) in [6, 6.07) is 14.1. The molecule has 0 N–H and O–H groups in total. The van der Waals surface area contributed by atoms with E-state index in [1.54, 1.807) is 20.4 Å². The topological polar surface area (TPSA) is 96.5 Å². The smallest absolute Gasteiger partial charge is 0.497 e. The molecule has 1 aliphatic rings. The molecule has 5 rings (SSSR count). The zero-order valence-corrected chi connectivity index (χ0v) is 20.1. The lowest BCUT2D eigenvalue weighted by molar-refractivity contribution is 0.102. The van der Waals surface area contributed by atoms with E-state index in [-0.39, 0.29) is 12.5 Å². The number of nitrogens with zero attached hydrogens (tertiary/aromatic N) is 6. The molecule has 3 heterocycles. The maximum Gasteiger partial charge on any atom is 0.515 e. The van der Waals surface area contributed by atoms with Crippen molar-refractivity contribution in [3.05, 3.63) is 65.9 Å². The van der Waals surface area contributed by atoms with E-state index in [1.807, 2.05) is 41.4 Å². The number of imidazole rings is 1. The van der Waals surface area contributed by atoms with Gasteiger partial charge in [-0.25, -0.2) is 9.78 Å². The molecule has 0 radical (unpaired) electrons. The average Bonchev–Trinajstić information content (AvgIpc) is 3.39. The first-order valence-corrected chi connectivity index (χ1v) is 11.3. The van der Waals surface area contributed by atoms with Gasteiger partial charge in [0.2, 0.25) is 5.88 Å². The molecule has 0 fully saturated rings. The first-order chi connectivity index (χ1) is 17.0. The molecule has 0 aliphatic carbocycles. The minimum absolute atomic E-state index is 0.188. The minimum Gasteiger partial charge on any atom is -0.497 e. The molecular weight excluding hydrogens is 448 g/mol. The molecule has 35 heavy (non-hydrogen) atoms. The predicted octanol–water partition coefficient (Wildman–Crippen LogP) is 3.69. The number of anilines is 1. The summed E-state index contributed by atoms with van der Waals surface area (Å²) in [5, 5.41) is 9.06. The van der Waals surface area contributed by atoms with Crippen molar-refractivity contribution in [2.24, 2.45) is 0 Å². The van der Waals surface area contributed by atoms with E-state index in [0.29, 0.717) is 30.2 Å². The van der Waals surface area contributed by atoms with Crippen LogP contribution < -0.4 is 14.4 Å². The molecule has 0 atom stereocenters. The number of fused-ring (bicyclic) bond motifs is 5. The van der Waals surface area contributed by atoms with Gasteiger partial charge in [0.1, 0.15) is 23.6 Å². The number of benzene rings is 2. The first kappa shape index (κ1) is 22.5. The van der Waals surface area contributed by atoms with E-state index in [9.17, 15) is 4.79 Å². The highest BCUT2D eigenvalue weighted by Gasteiger charge is 2.28. The van der Waals surface area contributed by atoms with Crippen molar-refractivity contribution in [2.45, 2.75) is 19.9 Å². The van der Waals surface area contributed by atoms with Crippen LogP contribution in [0.2, 0.25) is 0 Å². The van der Waals surface area contributed by atoms with Crippen LogP contribution in [0.3, 0.4) is 0 Å². The summed E-state index contributed by atoms with van der Waals surface area (Å²) < 4.78 is 19.8.